The maximum absolute atomic E-state index is 11.5. The van der Waals surface area contributed by atoms with Gasteiger partial charge in [0.05, 0.1) is 6.54 Å². The first kappa shape index (κ1) is 18.3. The highest BCUT2D eigenvalue weighted by Crippen LogP contribution is 2.28. The molecule has 0 aromatic heterocycles. The summed E-state index contributed by atoms with van der Waals surface area (Å²) in [6.07, 6.45) is 2.20. The Labute approximate surface area is 144 Å². The highest BCUT2D eigenvalue weighted by atomic mass is 32.2. The lowest BCUT2D eigenvalue weighted by molar-refractivity contribution is -0.122. The van der Waals surface area contributed by atoms with Crippen LogP contribution in [0, 0.1) is 0 Å². The zero-order valence-corrected chi connectivity index (χ0v) is 15.3. The molecule has 0 saturated carbocycles. The van der Waals surface area contributed by atoms with Crippen LogP contribution < -0.4 is 10.6 Å². The molecule has 1 unspecified atom stereocenters. The number of thioether (sulfide) groups is 1. The molecular weight excluding hydrogens is 306 g/mol. The van der Waals surface area contributed by atoms with Gasteiger partial charge in [0, 0.05) is 37.1 Å². The molecule has 0 aliphatic carbocycles. The van der Waals surface area contributed by atoms with Crippen LogP contribution in [0.3, 0.4) is 0 Å². The Hall–Kier alpha value is -1.04. The van der Waals surface area contributed by atoms with Gasteiger partial charge in [0.15, 0.2) is 0 Å². The fraction of sp³-hybridized carbons (Fsp3) is 0.611. The Kier molecular flexibility index (Phi) is 7.40. The molecule has 1 aromatic rings. The lowest BCUT2D eigenvalue weighted by Crippen LogP contribution is -2.46. The van der Waals surface area contributed by atoms with Crippen LogP contribution in [0.1, 0.15) is 38.3 Å². The van der Waals surface area contributed by atoms with E-state index in [0.717, 1.165) is 31.7 Å². The number of piperidine rings is 1. The van der Waals surface area contributed by atoms with E-state index in [4.69, 9.17) is 0 Å². The van der Waals surface area contributed by atoms with E-state index in [1.54, 1.807) is 7.05 Å². The number of likely N-dealkylation sites (tertiary alicyclic amines) is 1. The fourth-order valence-electron chi connectivity index (χ4n) is 3.11. The number of nitrogens with zero attached hydrogens (tertiary/aromatic N) is 1. The van der Waals surface area contributed by atoms with E-state index in [1.165, 1.54) is 10.5 Å². The molecule has 5 heteroatoms. The molecule has 23 heavy (non-hydrogen) atoms. The third kappa shape index (κ3) is 5.52. The lowest BCUT2D eigenvalue weighted by atomic mass is 10.0. The maximum Gasteiger partial charge on any atom is 0.233 e. The Morgan fingerprint density at radius 2 is 2.04 bits per heavy atom. The Balaban J connectivity index is 1.85. The third-order valence-electron chi connectivity index (χ3n) is 4.40. The van der Waals surface area contributed by atoms with E-state index in [0.29, 0.717) is 18.6 Å². The van der Waals surface area contributed by atoms with Gasteiger partial charge in [-0.05, 0) is 37.1 Å². The Bertz CT molecular complexity index is 501. The monoisotopic (exact) mass is 335 g/mol. The minimum absolute atomic E-state index is 0.107. The summed E-state index contributed by atoms with van der Waals surface area (Å²) in [5, 5.41) is 6.48. The van der Waals surface area contributed by atoms with Crippen LogP contribution in [0.4, 0.5) is 0 Å². The van der Waals surface area contributed by atoms with E-state index in [-0.39, 0.29) is 5.91 Å². The number of hydrogen-bond acceptors (Lipinski definition) is 4. The molecule has 1 aliphatic rings. The van der Waals surface area contributed by atoms with Crippen LogP contribution in [-0.4, -0.2) is 49.3 Å². The highest BCUT2D eigenvalue weighted by Gasteiger charge is 2.22. The topological polar surface area (TPSA) is 44.4 Å². The minimum Gasteiger partial charge on any atom is -0.358 e. The largest absolute Gasteiger partial charge is 0.358 e. The van der Waals surface area contributed by atoms with Crippen molar-refractivity contribution in [3.63, 3.8) is 0 Å². The summed E-state index contributed by atoms with van der Waals surface area (Å²) in [4.78, 5) is 15.1. The summed E-state index contributed by atoms with van der Waals surface area (Å²) in [6.45, 7) is 6.95. The van der Waals surface area contributed by atoms with E-state index in [2.05, 4.69) is 53.6 Å². The van der Waals surface area contributed by atoms with Crippen LogP contribution in [-0.2, 0) is 4.79 Å². The Morgan fingerprint density at radius 3 is 2.70 bits per heavy atom. The standard InChI is InChI=1S/C18H29N3OS/c1-4-23-17-8-6-5-7-16(17)14(2)20-15-9-11-21(12-10-15)13-18(22)19-3/h5-8,14-15,20H,4,9-13H2,1-3H3,(H,19,22). The summed E-state index contributed by atoms with van der Waals surface area (Å²) in [5.41, 5.74) is 1.40. The molecule has 128 valence electrons. The van der Waals surface area contributed by atoms with Gasteiger partial charge in [-0.3, -0.25) is 9.69 Å². The van der Waals surface area contributed by atoms with Gasteiger partial charge in [0.2, 0.25) is 5.91 Å². The number of nitrogens with one attached hydrogen (secondary N) is 2. The lowest BCUT2D eigenvalue weighted by Gasteiger charge is -2.33. The molecule has 2 rings (SSSR count). The summed E-state index contributed by atoms with van der Waals surface area (Å²) >= 11 is 1.91. The van der Waals surface area contributed by atoms with E-state index in [1.807, 2.05) is 11.8 Å². The number of carbonyl (C=O) groups is 1. The SMILES string of the molecule is CCSc1ccccc1C(C)NC1CCN(CC(=O)NC)CC1. The van der Waals surface area contributed by atoms with Crippen molar-refractivity contribution in [1.82, 2.24) is 15.5 Å². The van der Waals surface area contributed by atoms with Gasteiger partial charge in [0.1, 0.15) is 0 Å². The van der Waals surface area contributed by atoms with Crippen LogP contribution in [0.2, 0.25) is 0 Å². The zero-order valence-electron chi connectivity index (χ0n) is 14.5. The summed E-state index contributed by atoms with van der Waals surface area (Å²) in [6, 6.07) is 9.58. The van der Waals surface area contributed by atoms with Crippen molar-refractivity contribution in [2.75, 3.05) is 32.4 Å². The summed E-state index contributed by atoms with van der Waals surface area (Å²) in [7, 11) is 1.70. The van der Waals surface area contributed by atoms with Crippen LogP contribution >= 0.6 is 11.8 Å². The molecule has 1 heterocycles. The first-order chi connectivity index (χ1) is 11.1. The third-order valence-corrected chi connectivity index (χ3v) is 5.38. The second-order valence-corrected chi connectivity index (χ2v) is 7.39. The number of carbonyl (C=O) groups excluding carboxylic acids is 1. The van der Waals surface area contributed by atoms with E-state index >= 15 is 0 Å². The molecule has 1 aromatic carbocycles. The predicted molar refractivity (Wildman–Crippen MR) is 97.9 cm³/mol. The Morgan fingerprint density at radius 1 is 1.35 bits per heavy atom. The highest BCUT2D eigenvalue weighted by molar-refractivity contribution is 7.99. The van der Waals surface area contributed by atoms with Crippen molar-refractivity contribution >= 4 is 17.7 Å². The molecule has 0 bridgehead atoms. The van der Waals surface area contributed by atoms with Crippen molar-refractivity contribution in [3.05, 3.63) is 29.8 Å². The van der Waals surface area contributed by atoms with Crippen LogP contribution in [0.15, 0.2) is 29.2 Å². The van der Waals surface area contributed by atoms with E-state index < -0.39 is 0 Å². The van der Waals surface area contributed by atoms with Gasteiger partial charge in [-0.15, -0.1) is 11.8 Å². The molecule has 1 amide bonds. The molecule has 0 spiro atoms. The molecule has 1 aliphatic heterocycles. The number of rotatable bonds is 7. The van der Waals surface area contributed by atoms with Crippen molar-refractivity contribution in [2.24, 2.45) is 0 Å². The molecule has 4 nitrogen and oxygen atoms in total. The molecule has 1 fully saturated rings. The molecule has 1 atom stereocenters. The zero-order chi connectivity index (χ0) is 16.7. The predicted octanol–water partition coefficient (Wildman–Crippen LogP) is 2.66. The first-order valence-electron chi connectivity index (χ1n) is 8.54. The first-order valence-corrected chi connectivity index (χ1v) is 9.53. The quantitative estimate of drug-likeness (QED) is 0.752. The van der Waals surface area contributed by atoms with Crippen molar-refractivity contribution in [3.8, 4) is 0 Å². The van der Waals surface area contributed by atoms with Gasteiger partial charge in [-0.2, -0.15) is 0 Å². The van der Waals surface area contributed by atoms with Crippen molar-refractivity contribution in [2.45, 2.75) is 43.7 Å². The maximum atomic E-state index is 11.5. The average Bonchev–Trinajstić information content (AvgIpc) is 2.57. The summed E-state index contributed by atoms with van der Waals surface area (Å²) in [5.74, 6) is 1.21. The fourth-order valence-corrected chi connectivity index (χ4v) is 4.01. The minimum atomic E-state index is 0.107. The summed E-state index contributed by atoms with van der Waals surface area (Å²) < 4.78 is 0. The normalized spacial score (nSPS) is 17.9. The van der Waals surface area contributed by atoms with E-state index in [9.17, 15) is 4.79 Å². The molecular formula is C18H29N3OS. The van der Waals surface area contributed by atoms with Gasteiger partial charge in [0.25, 0.3) is 0 Å². The van der Waals surface area contributed by atoms with Crippen LogP contribution in [0.5, 0.6) is 0 Å². The molecule has 0 radical (unpaired) electrons. The van der Waals surface area contributed by atoms with Crippen molar-refractivity contribution < 1.29 is 4.79 Å². The number of hydrogen-bond donors (Lipinski definition) is 2. The molecule has 2 N–H and O–H groups in total. The number of amides is 1. The van der Waals surface area contributed by atoms with Gasteiger partial charge < -0.3 is 10.6 Å². The smallest absolute Gasteiger partial charge is 0.233 e. The average molecular weight is 336 g/mol. The number of likely N-dealkylation sites (N-methyl/N-ethyl adjacent to an activating group) is 1. The van der Waals surface area contributed by atoms with Gasteiger partial charge in [-0.25, -0.2) is 0 Å². The number of benzene rings is 1. The van der Waals surface area contributed by atoms with Gasteiger partial charge in [-0.1, -0.05) is 25.1 Å². The van der Waals surface area contributed by atoms with Gasteiger partial charge >= 0.3 is 0 Å². The molecule has 1 saturated heterocycles. The second kappa shape index (κ2) is 9.30. The van der Waals surface area contributed by atoms with Crippen LogP contribution in [0.25, 0.3) is 0 Å². The second-order valence-electron chi connectivity index (χ2n) is 6.08. The van der Waals surface area contributed by atoms with Crippen molar-refractivity contribution in [1.29, 1.82) is 0 Å².